The number of carbonyl (C=O) groups is 2. The van der Waals surface area contributed by atoms with Gasteiger partial charge in [-0.15, -0.1) is 12.4 Å². The molecule has 1 aliphatic heterocycles. The molecule has 0 unspecified atom stereocenters. The Hall–Kier alpha value is -2.53. The number of carboxylic acid groups (broad SMARTS) is 2. The molecule has 0 amide bonds. The van der Waals surface area contributed by atoms with Crippen LogP contribution >= 0.6 is 12.4 Å². The van der Waals surface area contributed by atoms with E-state index in [1.807, 2.05) is 13.8 Å². The van der Waals surface area contributed by atoms with Gasteiger partial charge >= 0.3 is 11.9 Å². The summed E-state index contributed by atoms with van der Waals surface area (Å²) in [5.74, 6) is -1.18. The fourth-order valence-corrected chi connectivity index (χ4v) is 2.78. The van der Waals surface area contributed by atoms with E-state index in [1.165, 1.54) is 12.1 Å². The van der Waals surface area contributed by atoms with Crippen LogP contribution in [0.3, 0.4) is 0 Å². The van der Waals surface area contributed by atoms with Crippen LogP contribution in [0.1, 0.15) is 45.7 Å². The highest BCUT2D eigenvalue weighted by Gasteiger charge is 2.35. The molecule has 6 heteroatoms. The highest BCUT2D eigenvalue weighted by molar-refractivity contribution is 5.89. The van der Waals surface area contributed by atoms with Crippen LogP contribution in [0.4, 0.5) is 0 Å². The molecule has 0 radical (unpaired) electrons. The van der Waals surface area contributed by atoms with Crippen LogP contribution in [0.2, 0.25) is 0 Å². The maximum atomic E-state index is 11.1. The van der Waals surface area contributed by atoms with Crippen molar-refractivity contribution in [2.45, 2.75) is 19.3 Å². The third-order valence-corrected chi connectivity index (χ3v) is 4.02. The number of ether oxygens (including phenoxy) is 1. The summed E-state index contributed by atoms with van der Waals surface area (Å²) in [5, 5.41) is 18.2. The molecule has 0 aliphatic carbocycles. The van der Waals surface area contributed by atoms with Crippen molar-refractivity contribution in [3.8, 4) is 11.5 Å². The Morgan fingerprint density at radius 2 is 1.26 bits per heavy atom. The van der Waals surface area contributed by atoms with E-state index in [2.05, 4.69) is 0 Å². The van der Waals surface area contributed by atoms with E-state index in [9.17, 15) is 9.59 Å². The Kier molecular flexibility index (Phi) is 4.09. The SMILES string of the molecule is CC1(C)c2ccc(C(=O)O)cc2Oc2cc(C(=O)O)ccc21.Cl. The zero-order valence-electron chi connectivity index (χ0n) is 12.5. The van der Waals surface area contributed by atoms with Gasteiger partial charge in [-0.05, 0) is 24.3 Å². The van der Waals surface area contributed by atoms with Gasteiger partial charge in [0.05, 0.1) is 11.1 Å². The van der Waals surface area contributed by atoms with Gasteiger partial charge in [0.25, 0.3) is 0 Å². The summed E-state index contributed by atoms with van der Waals surface area (Å²) in [4.78, 5) is 22.2. The van der Waals surface area contributed by atoms with E-state index in [-0.39, 0.29) is 23.5 Å². The zero-order valence-corrected chi connectivity index (χ0v) is 13.3. The fourth-order valence-electron chi connectivity index (χ4n) is 2.78. The summed E-state index contributed by atoms with van der Waals surface area (Å²) < 4.78 is 5.77. The Labute approximate surface area is 138 Å². The molecule has 0 saturated carbocycles. The van der Waals surface area contributed by atoms with Gasteiger partial charge in [0.15, 0.2) is 0 Å². The summed E-state index contributed by atoms with van der Waals surface area (Å²) in [7, 11) is 0. The van der Waals surface area contributed by atoms with Crippen LogP contribution in [-0.4, -0.2) is 22.2 Å². The highest BCUT2D eigenvalue weighted by Crippen LogP contribution is 2.48. The van der Waals surface area contributed by atoms with E-state index in [0.29, 0.717) is 11.5 Å². The first-order valence-electron chi connectivity index (χ1n) is 6.74. The molecule has 3 rings (SSSR count). The first-order chi connectivity index (χ1) is 10.3. The molecule has 23 heavy (non-hydrogen) atoms. The lowest BCUT2D eigenvalue weighted by molar-refractivity contribution is 0.0686. The Morgan fingerprint density at radius 3 is 1.61 bits per heavy atom. The van der Waals surface area contributed by atoms with Crippen LogP contribution in [-0.2, 0) is 5.41 Å². The average molecular weight is 335 g/mol. The molecular weight excluding hydrogens is 320 g/mol. The number of aromatic carboxylic acids is 2. The summed E-state index contributed by atoms with van der Waals surface area (Å²) in [5.41, 5.74) is 1.60. The highest BCUT2D eigenvalue weighted by atomic mass is 35.5. The minimum absolute atomic E-state index is 0. The third kappa shape index (κ3) is 2.64. The topological polar surface area (TPSA) is 83.8 Å². The van der Waals surface area contributed by atoms with Crippen LogP contribution < -0.4 is 4.74 Å². The normalized spacial score (nSPS) is 13.8. The second-order valence-electron chi connectivity index (χ2n) is 5.76. The van der Waals surface area contributed by atoms with Crippen molar-refractivity contribution in [3.05, 3.63) is 58.7 Å². The van der Waals surface area contributed by atoms with E-state index in [4.69, 9.17) is 14.9 Å². The summed E-state index contributed by atoms with van der Waals surface area (Å²) >= 11 is 0. The van der Waals surface area contributed by atoms with Crippen molar-refractivity contribution in [1.29, 1.82) is 0 Å². The first-order valence-corrected chi connectivity index (χ1v) is 6.74. The van der Waals surface area contributed by atoms with Crippen molar-refractivity contribution in [1.82, 2.24) is 0 Å². The molecule has 5 nitrogen and oxygen atoms in total. The number of halogens is 1. The van der Waals surface area contributed by atoms with Crippen LogP contribution in [0, 0.1) is 0 Å². The van der Waals surface area contributed by atoms with Gasteiger partial charge < -0.3 is 14.9 Å². The van der Waals surface area contributed by atoms with Gasteiger partial charge in [-0.1, -0.05) is 26.0 Å². The van der Waals surface area contributed by atoms with Crippen LogP contribution in [0.15, 0.2) is 36.4 Å². The van der Waals surface area contributed by atoms with Gasteiger partial charge in [-0.25, -0.2) is 9.59 Å². The number of hydrogen-bond donors (Lipinski definition) is 2. The van der Waals surface area contributed by atoms with E-state index in [0.717, 1.165) is 11.1 Å². The number of carboxylic acids is 2. The van der Waals surface area contributed by atoms with E-state index >= 15 is 0 Å². The van der Waals surface area contributed by atoms with E-state index < -0.39 is 17.4 Å². The predicted octanol–water partition coefficient (Wildman–Crippen LogP) is 3.94. The lowest BCUT2D eigenvalue weighted by atomic mass is 9.75. The molecule has 0 atom stereocenters. The average Bonchev–Trinajstić information content (AvgIpc) is 2.46. The molecule has 1 aliphatic rings. The molecule has 1 heterocycles. The van der Waals surface area contributed by atoms with Gasteiger partial charge in [0, 0.05) is 16.5 Å². The summed E-state index contributed by atoms with van der Waals surface area (Å²) in [6, 6.07) is 9.51. The summed E-state index contributed by atoms with van der Waals surface area (Å²) in [6.45, 7) is 3.99. The zero-order chi connectivity index (χ0) is 16.1. The maximum absolute atomic E-state index is 11.1. The quantitative estimate of drug-likeness (QED) is 0.869. The van der Waals surface area contributed by atoms with Crippen molar-refractivity contribution in [2.75, 3.05) is 0 Å². The minimum Gasteiger partial charge on any atom is -0.478 e. The van der Waals surface area contributed by atoms with Crippen LogP contribution in [0.5, 0.6) is 11.5 Å². The van der Waals surface area contributed by atoms with Crippen molar-refractivity contribution in [3.63, 3.8) is 0 Å². The molecule has 0 spiro atoms. The minimum atomic E-state index is -1.03. The molecule has 0 bridgehead atoms. The molecule has 0 fully saturated rings. The number of hydrogen-bond acceptors (Lipinski definition) is 3. The molecular formula is C17H15ClO5. The molecule has 0 aromatic heterocycles. The number of rotatable bonds is 2. The van der Waals surface area contributed by atoms with Crippen molar-refractivity contribution in [2.24, 2.45) is 0 Å². The molecule has 2 N–H and O–H groups in total. The van der Waals surface area contributed by atoms with Gasteiger partial charge in [0.2, 0.25) is 0 Å². The molecule has 2 aromatic carbocycles. The first kappa shape index (κ1) is 16.8. The molecule has 0 saturated heterocycles. The fraction of sp³-hybridized carbons (Fsp3) is 0.176. The summed E-state index contributed by atoms with van der Waals surface area (Å²) in [6.07, 6.45) is 0. The van der Waals surface area contributed by atoms with Crippen LogP contribution in [0.25, 0.3) is 0 Å². The Bertz CT molecular complexity index is 745. The number of fused-ring (bicyclic) bond motifs is 2. The monoisotopic (exact) mass is 334 g/mol. The third-order valence-electron chi connectivity index (χ3n) is 4.02. The van der Waals surface area contributed by atoms with Crippen molar-refractivity contribution >= 4 is 24.3 Å². The van der Waals surface area contributed by atoms with Gasteiger partial charge in [0.1, 0.15) is 11.5 Å². The van der Waals surface area contributed by atoms with Gasteiger partial charge in [-0.3, -0.25) is 0 Å². The standard InChI is InChI=1S/C17H14O5.ClH/c1-17(2)11-5-3-9(15(18)19)7-13(11)22-14-8-10(16(20)21)4-6-12(14)17;/h3-8H,1-2H3,(H,18,19)(H,20,21);1H. The number of benzene rings is 2. The second-order valence-corrected chi connectivity index (χ2v) is 5.76. The Balaban J connectivity index is 0.00000192. The molecule has 120 valence electrons. The van der Waals surface area contributed by atoms with Crippen molar-refractivity contribution < 1.29 is 24.5 Å². The Morgan fingerprint density at radius 1 is 0.870 bits per heavy atom. The lowest BCUT2D eigenvalue weighted by Crippen LogP contribution is -2.24. The maximum Gasteiger partial charge on any atom is 0.335 e. The smallest absolute Gasteiger partial charge is 0.335 e. The lowest BCUT2D eigenvalue weighted by Gasteiger charge is -2.34. The van der Waals surface area contributed by atoms with Gasteiger partial charge in [-0.2, -0.15) is 0 Å². The predicted molar refractivity (Wildman–Crippen MR) is 86.3 cm³/mol. The largest absolute Gasteiger partial charge is 0.478 e. The molecule has 2 aromatic rings. The second kappa shape index (κ2) is 5.59. The van der Waals surface area contributed by atoms with E-state index in [1.54, 1.807) is 24.3 Å².